The molecule has 0 spiro atoms. The van der Waals surface area contributed by atoms with Crippen molar-refractivity contribution in [1.29, 1.82) is 0 Å². The van der Waals surface area contributed by atoms with Crippen LogP contribution in [0, 0.1) is 0 Å². The summed E-state index contributed by atoms with van der Waals surface area (Å²) in [5.41, 5.74) is 4.76. The molecule has 0 saturated carbocycles. The molecule has 3 heteroatoms. The maximum Gasteiger partial charge on any atom is 0.124 e. The number of hydrogen-bond donors (Lipinski definition) is 1. The number of aromatic nitrogens is 1. The summed E-state index contributed by atoms with van der Waals surface area (Å²) in [6.07, 6.45) is 1.07. The fourth-order valence-corrected chi connectivity index (χ4v) is 3.13. The van der Waals surface area contributed by atoms with Gasteiger partial charge < -0.3 is 5.32 Å². The Morgan fingerprint density at radius 3 is 2.58 bits per heavy atom. The largest absolute Gasteiger partial charge is 0.388 e. The smallest absolute Gasteiger partial charge is 0.124 e. The summed E-state index contributed by atoms with van der Waals surface area (Å²) in [6, 6.07) is 14.9. The lowest BCUT2D eigenvalue weighted by atomic mass is 10.2. The Kier molecular flexibility index (Phi) is 3.22. The van der Waals surface area contributed by atoms with Crippen LogP contribution in [-0.4, -0.2) is 12.0 Å². The first kappa shape index (κ1) is 12.2. The van der Waals surface area contributed by atoms with Gasteiger partial charge in [-0.15, -0.1) is 11.3 Å². The van der Waals surface area contributed by atoms with Crippen molar-refractivity contribution in [1.82, 2.24) is 4.98 Å². The highest BCUT2D eigenvalue weighted by atomic mass is 32.1. The Hall–Kier alpha value is -1.87. The number of hydrogen-bond acceptors (Lipinski definition) is 3. The minimum atomic E-state index is 1.07. The third-order valence-corrected chi connectivity index (χ3v) is 4.35. The van der Waals surface area contributed by atoms with Gasteiger partial charge in [0, 0.05) is 18.3 Å². The van der Waals surface area contributed by atoms with E-state index in [0.29, 0.717) is 0 Å². The molecule has 1 heterocycles. The quantitative estimate of drug-likeness (QED) is 0.752. The zero-order valence-electron chi connectivity index (χ0n) is 11.1. The van der Waals surface area contributed by atoms with Gasteiger partial charge in [0.05, 0.1) is 10.2 Å². The summed E-state index contributed by atoms with van der Waals surface area (Å²) >= 11 is 1.76. The highest BCUT2D eigenvalue weighted by molar-refractivity contribution is 7.21. The first-order chi connectivity index (χ1) is 9.30. The third-order valence-electron chi connectivity index (χ3n) is 3.28. The molecular weight excluding hydrogens is 252 g/mol. The summed E-state index contributed by atoms with van der Waals surface area (Å²) in [4.78, 5) is 4.71. The van der Waals surface area contributed by atoms with Crippen molar-refractivity contribution in [2.45, 2.75) is 13.3 Å². The lowest BCUT2D eigenvalue weighted by Gasteiger charge is -2.00. The SMILES string of the molecule is CCc1ccc2nc(-c3ccc(NC)cc3)sc2c1. The van der Waals surface area contributed by atoms with E-state index in [-0.39, 0.29) is 0 Å². The Bertz CT molecular complexity index is 698. The summed E-state index contributed by atoms with van der Waals surface area (Å²) in [6.45, 7) is 2.18. The fraction of sp³-hybridized carbons (Fsp3) is 0.188. The summed E-state index contributed by atoms with van der Waals surface area (Å²) in [7, 11) is 1.93. The molecule has 0 atom stereocenters. The lowest BCUT2D eigenvalue weighted by molar-refractivity contribution is 1.15. The topological polar surface area (TPSA) is 24.9 Å². The number of anilines is 1. The minimum Gasteiger partial charge on any atom is -0.388 e. The van der Waals surface area contributed by atoms with Gasteiger partial charge in [0.15, 0.2) is 0 Å². The maximum absolute atomic E-state index is 4.71. The fourth-order valence-electron chi connectivity index (χ4n) is 2.09. The Labute approximate surface area is 117 Å². The first-order valence-electron chi connectivity index (χ1n) is 6.48. The second-order valence-electron chi connectivity index (χ2n) is 4.50. The number of nitrogens with zero attached hydrogens (tertiary/aromatic N) is 1. The molecule has 3 aromatic rings. The molecular formula is C16H16N2S. The van der Waals surface area contributed by atoms with E-state index >= 15 is 0 Å². The molecule has 2 aromatic carbocycles. The molecule has 0 saturated heterocycles. The van der Waals surface area contributed by atoms with Crippen LogP contribution >= 0.6 is 11.3 Å². The van der Waals surface area contributed by atoms with Crippen LogP contribution < -0.4 is 5.32 Å². The molecule has 96 valence electrons. The third kappa shape index (κ3) is 2.34. The van der Waals surface area contributed by atoms with Gasteiger partial charge in [-0.3, -0.25) is 0 Å². The van der Waals surface area contributed by atoms with E-state index in [1.54, 1.807) is 11.3 Å². The molecule has 2 nitrogen and oxygen atoms in total. The zero-order valence-corrected chi connectivity index (χ0v) is 11.9. The van der Waals surface area contributed by atoms with E-state index in [1.165, 1.54) is 15.8 Å². The van der Waals surface area contributed by atoms with E-state index in [1.807, 2.05) is 7.05 Å². The van der Waals surface area contributed by atoms with Crippen LogP contribution in [0.3, 0.4) is 0 Å². The number of fused-ring (bicyclic) bond motifs is 1. The molecule has 19 heavy (non-hydrogen) atoms. The molecule has 0 aliphatic heterocycles. The van der Waals surface area contributed by atoms with Gasteiger partial charge in [-0.05, 0) is 48.4 Å². The van der Waals surface area contributed by atoms with Gasteiger partial charge in [0.1, 0.15) is 5.01 Å². The molecule has 0 fully saturated rings. The van der Waals surface area contributed by atoms with Gasteiger partial charge >= 0.3 is 0 Å². The van der Waals surface area contributed by atoms with Crippen molar-refractivity contribution in [3.05, 3.63) is 48.0 Å². The average Bonchev–Trinajstić information content (AvgIpc) is 2.90. The standard InChI is InChI=1S/C16H16N2S/c1-3-11-4-9-14-15(10-11)19-16(18-14)12-5-7-13(17-2)8-6-12/h4-10,17H,3H2,1-2H3. The maximum atomic E-state index is 4.71. The Morgan fingerprint density at radius 1 is 1.11 bits per heavy atom. The van der Waals surface area contributed by atoms with E-state index < -0.39 is 0 Å². The van der Waals surface area contributed by atoms with Crippen LogP contribution in [0.15, 0.2) is 42.5 Å². The lowest BCUT2D eigenvalue weighted by Crippen LogP contribution is -1.86. The average molecular weight is 268 g/mol. The first-order valence-corrected chi connectivity index (χ1v) is 7.29. The van der Waals surface area contributed by atoms with Crippen molar-refractivity contribution in [3.63, 3.8) is 0 Å². The number of thiazole rings is 1. The molecule has 0 amide bonds. The van der Waals surface area contributed by atoms with Crippen molar-refractivity contribution in [2.75, 3.05) is 12.4 Å². The van der Waals surface area contributed by atoms with Crippen LogP contribution in [-0.2, 0) is 6.42 Å². The van der Waals surface area contributed by atoms with Gasteiger partial charge in [-0.25, -0.2) is 4.98 Å². The highest BCUT2D eigenvalue weighted by Gasteiger charge is 2.06. The second kappa shape index (κ2) is 5.02. The van der Waals surface area contributed by atoms with E-state index in [2.05, 4.69) is 54.7 Å². The van der Waals surface area contributed by atoms with Crippen molar-refractivity contribution in [3.8, 4) is 10.6 Å². The molecule has 3 rings (SSSR count). The summed E-state index contributed by atoms with van der Waals surface area (Å²) < 4.78 is 1.27. The van der Waals surface area contributed by atoms with Crippen LogP contribution in [0.25, 0.3) is 20.8 Å². The van der Waals surface area contributed by atoms with E-state index in [4.69, 9.17) is 4.98 Å². The molecule has 0 aliphatic carbocycles. The van der Waals surface area contributed by atoms with E-state index in [0.717, 1.165) is 22.6 Å². The molecule has 0 aliphatic rings. The number of benzene rings is 2. The zero-order chi connectivity index (χ0) is 13.2. The van der Waals surface area contributed by atoms with Gasteiger partial charge in [0.25, 0.3) is 0 Å². The molecule has 1 N–H and O–H groups in total. The van der Waals surface area contributed by atoms with Crippen LogP contribution in [0.2, 0.25) is 0 Å². The van der Waals surface area contributed by atoms with Crippen LogP contribution in [0.5, 0.6) is 0 Å². The number of rotatable bonds is 3. The molecule has 0 bridgehead atoms. The van der Waals surface area contributed by atoms with Crippen LogP contribution in [0.1, 0.15) is 12.5 Å². The monoisotopic (exact) mass is 268 g/mol. The normalized spacial score (nSPS) is 10.8. The second-order valence-corrected chi connectivity index (χ2v) is 5.53. The predicted octanol–water partition coefficient (Wildman–Crippen LogP) is 4.57. The highest BCUT2D eigenvalue weighted by Crippen LogP contribution is 2.31. The Morgan fingerprint density at radius 2 is 1.89 bits per heavy atom. The van der Waals surface area contributed by atoms with Crippen molar-refractivity contribution >= 4 is 27.2 Å². The van der Waals surface area contributed by atoms with Crippen LogP contribution in [0.4, 0.5) is 5.69 Å². The van der Waals surface area contributed by atoms with Gasteiger partial charge in [0.2, 0.25) is 0 Å². The summed E-state index contributed by atoms with van der Waals surface area (Å²) in [5, 5.41) is 4.22. The molecule has 0 radical (unpaired) electrons. The van der Waals surface area contributed by atoms with Crippen molar-refractivity contribution < 1.29 is 0 Å². The number of nitrogens with one attached hydrogen (secondary N) is 1. The Balaban J connectivity index is 2.04. The van der Waals surface area contributed by atoms with Gasteiger partial charge in [-0.2, -0.15) is 0 Å². The number of aryl methyl sites for hydroxylation is 1. The van der Waals surface area contributed by atoms with Gasteiger partial charge in [-0.1, -0.05) is 13.0 Å². The molecule has 0 unspecified atom stereocenters. The van der Waals surface area contributed by atoms with Crippen molar-refractivity contribution in [2.24, 2.45) is 0 Å². The summed E-state index contributed by atoms with van der Waals surface area (Å²) in [5.74, 6) is 0. The molecule has 1 aromatic heterocycles. The van der Waals surface area contributed by atoms with E-state index in [9.17, 15) is 0 Å². The minimum absolute atomic E-state index is 1.07. The predicted molar refractivity (Wildman–Crippen MR) is 84.0 cm³/mol.